The van der Waals surface area contributed by atoms with Crippen LogP contribution in [0.4, 0.5) is 0 Å². The number of allylic oxidation sites excluding steroid dienone is 6. The van der Waals surface area contributed by atoms with Gasteiger partial charge in [-0.05, 0) is 35.0 Å². The van der Waals surface area contributed by atoms with Crippen LogP contribution in [0.5, 0.6) is 0 Å². The van der Waals surface area contributed by atoms with Crippen LogP contribution in [0.15, 0.2) is 53.5 Å². The van der Waals surface area contributed by atoms with Crippen LogP contribution in [0, 0.1) is 0 Å². The summed E-state index contributed by atoms with van der Waals surface area (Å²) in [7, 11) is -1.58. The van der Waals surface area contributed by atoms with Crippen molar-refractivity contribution >= 4 is 7.05 Å². The average Bonchev–Trinajstić information content (AvgIpc) is 2.99. The van der Waals surface area contributed by atoms with Crippen molar-refractivity contribution in [3.05, 3.63) is 48.7 Å². The van der Waals surface area contributed by atoms with Gasteiger partial charge in [0.15, 0.2) is 0 Å². The molecule has 0 saturated carbocycles. The topological polar surface area (TPSA) is 12.4 Å². The molecule has 0 amide bonds. The van der Waals surface area contributed by atoms with E-state index < -0.39 is 7.05 Å². The Morgan fingerprint density at radius 3 is 1.82 bits per heavy atom. The fraction of sp³-hybridized carbons (Fsp3) is 0.680. The van der Waals surface area contributed by atoms with E-state index in [-0.39, 0.29) is 37.2 Å². The molecule has 1 nitrogen and oxygen atoms in total. The van der Waals surface area contributed by atoms with Crippen molar-refractivity contribution in [2.24, 2.45) is 4.74 Å². The zero-order chi connectivity index (χ0) is 21.4. The van der Waals surface area contributed by atoms with Crippen LogP contribution in [-0.2, 0) is 21.7 Å². The summed E-state index contributed by atoms with van der Waals surface area (Å²) < 4.78 is 5.43. The van der Waals surface area contributed by atoms with E-state index in [9.17, 15) is 0 Å². The monoisotopic (exact) mass is 439 g/mol. The van der Waals surface area contributed by atoms with E-state index in [2.05, 4.69) is 100 Å². The first-order valence-corrected chi connectivity index (χ1v) is 12.2. The third-order valence-electron chi connectivity index (χ3n) is 4.94. The predicted molar refractivity (Wildman–Crippen MR) is 129 cm³/mol. The number of rotatable bonds is 5. The molecule has 0 aromatic carbocycles. The SMILES string of the molecule is C=CC=CCCCC.CC(C)(C)P(=NC1=CC=CC1)(C(C)(C)C)C(C)(C)C.[Ti]. The molecule has 1 rings (SSSR count). The van der Waals surface area contributed by atoms with E-state index in [0.717, 1.165) is 6.42 Å². The summed E-state index contributed by atoms with van der Waals surface area (Å²) in [5.41, 5.74) is 1.27. The second-order valence-electron chi connectivity index (χ2n) is 10.3. The smallest absolute Gasteiger partial charge is 0.0425 e. The Labute approximate surface area is 192 Å². The molecular formula is C25H46NPTi. The van der Waals surface area contributed by atoms with Crippen molar-refractivity contribution in [2.75, 3.05) is 0 Å². The third kappa shape index (κ3) is 8.34. The van der Waals surface area contributed by atoms with Gasteiger partial charge in [0.05, 0.1) is 0 Å². The minimum Gasteiger partial charge on any atom is -0.270 e. The Balaban J connectivity index is 0. The predicted octanol–water partition coefficient (Wildman–Crippen LogP) is 9.34. The molecule has 0 unspecified atom stereocenters. The van der Waals surface area contributed by atoms with Crippen molar-refractivity contribution in [1.82, 2.24) is 0 Å². The Morgan fingerprint density at radius 2 is 1.50 bits per heavy atom. The Kier molecular flexibility index (Phi) is 13.5. The van der Waals surface area contributed by atoms with Crippen molar-refractivity contribution in [2.45, 2.75) is 110 Å². The van der Waals surface area contributed by atoms with Crippen LogP contribution in [0.3, 0.4) is 0 Å². The van der Waals surface area contributed by atoms with Crippen LogP contribution in [0.1, 0.15) is 94.9 Å². The van der Waals surface area contributed by atoms with E-state index in [1.807, 2.05) is 12.2 Å². The standard InChI is InChI=1S/C17H32NP.C8H14.Ti/c1-15(2,3)19(16(4,5)6,17(7,8)9)18-14-12-10-11-13-14;1-3-5-7-8-6-4-2;/h10-12H,13H2,1-9H3;3,5,7H,1,4,6,8H2,2H3;. The van der Waals surface area contributed by atoms with Gasteiger partial charge in [0.1, 0.15) is 0 Å². The first-order valence-electron chi connectivity index (χ1n) is 10.5. The molecule has 0 bridgehead atoms. The summed E-state index contributed by atoms with van der Waals surface area (Å²) in [5.74, 6) is 0. The molecule has 0 aromatic heterocycles. The molecular weight excluding hydrogens is 393 g/mol. The van der Waals surface area contributed by atoms with Gasteiger partial charge >= 0.3 is 0 Å². The van der Waals surface area contributed by atoms with Gasteiger partial charge in [-0.15, -0.1) is 0 Å². The average molecular weight is 439 g/mol. The molecule has 0 aliphatic heterocycles. The zero-order valence-corrected chi connectivity index (χ0v) is 22.9. The molecule has 0 atom stereocenters. The van der Waals surface area contributed by atoms with Crippen molar-refractivity contribution in [1.29, 1.82) is 0 Å². The molecule has 160 valence electrons. The van der Waals surface area contributed by atoms with Crippen molar-refractivity contribution in [3.63, 3.8) is 0 Å². The van der Waals surface area contributed by atoms with Gasteiger partial charge in [0.25, 0.3) is 0 Å². The summed E-state index contributed by atoms with van der Waals surface area (Å²) >= 11 is 0. The van der Waals surface area contributed by atoms with Gasteiger partial charge in [0, 0.05) is 33.8 Å². The summed E-state index contributed by atoms with van der Waals surface area (Å²) in [6.45, 7) is 27.2. The number of hydrogen-bond acceptors (Lipinski definition) is 1. The second kappa shape index (κ2) is 12.6. The molecule has 0 heterocycles. The fourth-order valence-corrected chi connectivity index (χ4v) is 12.2. The van der Waals surface area contributed by atoms with E-state index >= 15 is 0 Å². The summed E-state index contributed by atoms with van der Waals surface area (Å²) in [6, 6.07) is 0. The summed E-state index contributed by atoms with van der Waals surface area (Å²) in [5, 5.41) is 0.646. The van der Waals surface area contributed by atoms with Crippen molar-refractivity contribution < 1.29 is 21.7 Å². The molecule has 1 aliphatic rings. The maximum absolute atomic E-state index is 5.43. The maximum Gasteiger partial charge on any atom is 0.0425 e. The first-order chi connectivity index (χ1) is 12.2. The molecule has 3 heteroatoms. The van der Waals surface area contributed by atoms with Crippen LogP contribution in [-0.4, -0.2) is 15.5 Å². The summed E-state index contributed by atoms with van der Waals surface area (Å²) in [6.07, 6.45) is 17.3. The van der Waals surface area contributed by atoms with E-state index in [1.54, 1.807) is 0 Å². The van der Waals surface area contributed by atoms with E-state index in [4.69, 9.17) is 4.74 Å². The van der Waals surface area contributed by atoms with Gasteiger partial charge < -0.3 is 0 Å². The van der Waals surface area contributed by atoms with Gasteiger partial charge in [-0.2, -0.15) is 0 Å². The Bertz CT molecular complexity index is 559. The van der Waals surface area contributed by atoms with Crippen LogP contribution < -0.4 is 0 Å². The molecule has 0 radical (unpaired) electrons. The van der Waals surface area contributed by atoms with E-state index in [0.29, 0.717) is 0 Å². The van der Waals surface area contributed by atoms with Crippen LogP contribution in [0.2, 0.25) is 0 Å². The molecule has 0 fully saturated rings. The fourth-order valence-electron chi connectivity index (χ4n) is 4.69. The zero-order valence-electron chi connectivity index (χ0n) is 20.4. The Hall–Kier alpha value is -0.0957. The Morgan fingerprint density at radius 1 is 1.00 bits per heavy atom. The largest absolute Gasteiger partial charge is 0.270 e. The van der Waals surface area contributed by atoms with Gasteiger partial charge in [-0.1, -0.05) is 119 Å². The molecule has 28 heavy (non-hydrogen) atoms. The molecule has 0 spiro atoms. The minimum atomic E-state index is -1.58. The van der Waals surface area contributed by atoms with E-state index in [1.165, 1.54) is 25.0 Å². The number of hydrogen-bond donors (Lipinski definition) is 0. The first kappa shape index (κ1) is 30.1. The third-order valence-corrected chi connectivity index (χ3v) is 11.3. The van der Waals surface area contributed by atoms with Gasteiger partial charge in [-0.3, -0.25) is 4.74 Å². The van der Waals surface area contributed by atoms with Crippen LogP contribution in [0.25, 0.3) is 0 Å². The minimum absolute atomic E-state index is 0. The van der Waals surface area contributed by atoms with Gasteiger partial charge in [0.2, 0.25) is 0 Å². The quantitative estimate of drug-likeness (QED) is 0.175. The molecule has 1 aliphatic carbocycles. The normalized spacial score (nSPS) is 14.9. The maximum atomic E-state index is 5.43. The number of nitrogens with zero attached hydrogens (tertiary/aromatic N) is 1. The molecule has 0 aromatic rings. The van der Waals surface area contributed by atoms with Gasteiger partial charge in [-0.25, -0.2) is 0 Å². The molecule has 0 N–H and O–H groups in total. The number of unbranched alkanes of at least 4 members (excludes halogenated alkanes) is 2. The molecule has 0 saturated heterocycles. The summed E-state index contributed by atoms with van der Waals surface area (Å²) in [4.78, 5) is 0. The van der Waals surface area contributed by atoms with Crippen LogP contribution >= 0.6 is 7.05 Å². The second-order valence-corrected chi connectivity index (χ2v) is 15.8. The van der Waals surface area contributed by atoms with Crippen molar-refractivity contribution in [3.8, 4) is 0 Å².